The summed E-state index contributed by atoms with van der Waals surface area (Å²) >= 11 is 0. The van der Waals surface area contributed by atoms with Crippen molar-refractivity contribution in [2.75, 3.05) is 13.1 Å². The first-order valence-electron chi connectivity index (χ1n) is 7.45. The van der Waals surface area contributed by atoms with Crippen LogP contribution < -0.4 is 11.1 Å². The number of oxazole rings is 1. The zero-order chi connectivity index (χ0) is 16.2. The number of nitrogens with two attached hydrogens (primary N) is 1. The maximum absolute atomic E-state index is 12.1. The molecule has 7 nitrogen and oxygen atoms in total. The molecule has 120 valence electrons. The van der Waals surface area contributed by atoms with E-state index in [0.29, 0.717) is 31.2 Å². The van der Waals surface area contributed by atoms with Crippen molar-refractivity contribution in [2.24, 2.45) is 11.7 Å². The third-order valence-corrected chi connectivity index (χ3v) is 3.88. The Morgan fingerprint density at radius 3 is 2.83 bits per heavy atom. The van der Waals surface area contributed by atoms with Gasteiger partial charge in [0, 0.05) is 18.7 Å². The lowest BCUT2D eigenvalue weighted by molar-refractivity contribution is -0.121. The average molecular weight is 314 g/mol. The van der Waals surface area contributed by atoms with E-state index in [-0.39, 0.29) is 24.4 Å². The summed E-state index contributed by atoms with van der Waals surface area (Å²) in [4.78, 5) is 28.9. The molecule has 3 amide bonds. The fraction of sp³-hybridized carbons (Fsp3) is 0.312. The van der Waals surface area contributed by atoms with Crippen LogP contribution >= 0.6 is 0 Å². The highest BCUT2D eigenvalue weighted by molar-refractivity contribution is 5.80. The molecule has 1 aromatic carbocycles. The zero-order valence-electron chi connectivity index (χ0n) is 12.6. The van der Waals surface area contributed by atoms with Crippen LogP contribution in [0.3, 0.4) is 0 Å². The Labute approximate surface area is 133 Å². The van der Waals surface area contributed by atoms with Crippen molar-refractivity contribution in [1.29, 1.82) is 0 Å². The molecule has 23 heavy (non-hydrogen) atoms. The first-order chi connectivity index (χ1) is 11.1. The van der Waals surface area contributed by atoms with Crippen LogP contribution in [-0.4, -0.2) is 34.9 Å². The fourth-order valence-corrected chi connectivity index (χ4v) is 2.57. The monoisotopic (exact) mass is 314 g/mol. The van der Waals surface area contributed by atoms with Crippen LogP contribution in [0.15, 0.2) is 40.9 Å². The number of benzene rings is 1. The van der Waals surface area contributed by atoms with Crippen molar-refractivity contribution in [3.63, 3.8) is 0 Å². The normalized spacial score (nSPS) is 17.2. The molecule has 0 spiro atoms. The Morgan fingerprint density at radius 2 is 2.13 bits per heavy atom. The Kier molecular flexibility index (Phi) is 4.27. The zero-order valence-corrected chi connectivity index (χ0v) is 12.6. The smallest absolute Gasteiger partial charge is 0.317 e. The van der Waals surface area contributed by atoms with Crippen molar-refractivity contribution in [2.45, 2.75) is 13.0 Å². The Balaban J connectivity index is 1.54. The third-order valence-electron chi connectivity index (χ3n) is 3.88. The van der Waals surface area contributed by atoms with Gasteiger partial charge in [-0.05, 0) is 6.42 Å². The van der Waals surface area contributed by atoms with Crippen molar-refractivity contribution < 1.29 is 14.0 Å². The average Bonchev–Trinajstić information content (AvgIpc) is 3.23. The summed E-state index contributed by atoms with van der Waals surface area (Å²) in [6, 6.07) is 9.38. The third kappa shape index (κ3) is 3.50. The number of aromatic nitrogens is 1. The maximum Gasteiger partial charge on any atom is 0.317 e. The molecular formula is C16H18N4O3. The van der Waals surface area contributed by atoms with Crippen LogP contribution in [0.25, 0.3) is 11.3 Å². The summed E-state index contributed by atoms with van der Waals surface area (Å²) in [5.74, 6) is 0.473. The highest BCUT2D eigenvalue weighted by Gasteiger charge is 2.29. The summed E-state index contributed by atoms with van der Waals surface area (Å²) in [7, 11) is 0. The first kappa shape index (κ1) is 15.1. The van der Waals surface area contributed by atoms with Gasteiger partial charge in [-0.15, -0.1) is 0 Å². The molecule has 3 N–H and O–H groups in total. The highest BCUT2D eigenvalue weighted by Crippen LogP contribution is 2.20. The number of hydrogen-bond donors (Lipinski definition) is 2. The number of amides is 3. The minimum absolute atomic E-state index is 0.198. The van der Waals surface area contributed by atoms with E-state index in [0.717, 1.165) is 5.56 Å². The van der Waals surface area contributed by atoms with E-state index in [1.54, 1.807) is 11.1 Å². The Bertz CT molecular complexity index is 698. The van der Waals surface area contributed by atoms with Gasteiger partial charge < -0.3 is 20.4 Å². The summed E-state index contributed by atoms with van der Waals surface area (Å²) in [5, 5.41) is 2.74. The van der Waals surface area contributed by atoms with Gasteiger partial charge in [0.2, 0.25) is 11.8 Å². The van der Waals surface area contributed by atoms with Gasteiger partial charge in [0.15, 0.2) is 5.76 Å². The van der Waals surface area contributed by atoms with E-state index in [2.05, 4.69) is 10.3 Å². The predicted octanol–water partition coefficient (Wildman–Crippen LogP) is 1.36. The van der Waals surface area contributed by atoms with Gasteiger partial charge in [-0.25, -0.2) is 9.78 Å². The molecule has 3 rings (SSSR count). The van der Waals surface area contributed by atoms with E-state index in [4.69, 9.17) is 10.2 Å². The molecule has 7 heteroatoms. The number of urea groups is 1. The molecule has 1 saturated heterocycles. The standard InChI is InChI=1S/C16H18N4O3/c17-15(21)12-6-7-20(10-12)16(22)19-9-14-18-8-13(23-14)11-4-2-1-3-5-11/h1-5,8,12H,6-7,9-10H2,(H2,17,21)(H,19,22)/t12-/m1/s1. The lowest BCUT2D eigenvalue weighted by atomic mass is 10.1. The Hall–Kier alpha value is -2.83. The lowest BCUT2D eigenvalue weighted by Gasteiger charge is -2.16. The van der Waals surface area contributed by atoms with Gasteiger partial charge in [0.25, 0.3) is 0 Å². The molecule has 1 aliphatic heterocycles. The number of rotatable bonds is 4. The van der Waals surface area contributed by atoms with E-state index in [1.165, 1.54) is 0 Å². The summed E-state index contributed by atoms with van der Waals surface area (Å²) < 4.78 is 5.62. The number of nitrogens with one attached hydrogen (secondary N) is 1. The summed E-state index contributed by atoms with van der Waals surface area (Å²) in [6.07, 6.45) is 2.25. The highest BCUT2D eigenvalue weighted by atomic mass is 16.4. The molecule has 1 aromatic heterocycles. The second-order valence-electron chi connectivity index (χ2n) is 5.48. The topological polar surface area (TPSA) is 101 Å². The molecule has 2 aromatic rings. The van der Waals surface area contributed by atoms with Gasteiger partial charge in [-0.1, -0.05) is 30.3 Å². The van der Waals surface area contributed by atoms with E-state index in [1.807, 2.05) is 30.3 Å². The molecule has 0 bridgehead atoms. The maximum atomic E-state index is 12.1. The minimum Gasteiger partial charge on any atom is -0.439 e. The second-order valence-corrected chi connectivity index (χ2v) is 5.48. The lowest BCUT2D eigenvalue weighted by Crippen LogP contribution is -2.39. The quantitative estimate of drug-likeness (QED) is 0.889. The van der Waals surface area contributed by atoms with Crippen LogP contribution in [0.5, 0.6) is 0 Å². The van der Waals surface area contributed by atoms with Crippen LogP contribution in [0, 0.1) is 5.92 Å². The molecule has 1 aliphatic rings. The number of likely N-dealkylation sites (tertiary alicyclic amines) is 1. The largest absolute Gasteiger partial charge is 0.439 e. The molecule has 1 fully saturated rings. The number of nitrogens with zero attached hydrogens (tertiary/aromatic N) is 2. The van der Waals surface area contributed by atoms with Gasteiger partial charge in [-0.2, -0.15) is 0 Å². The summed E-state index contributed by atoms with van der Waals surface area (Å²) in [6.45, 7) is 1.09. The van der Waals surface area contributed by atoms with E-state index in [9.17, 15) is 9.59 Å². The minimum atomic E-state index is -0.361. The molecule has 0 radical (unpaired) electrons. The van der Waals surface area contributed by atoms with E-state index < -0.39 is 0 Å². The van der Waals surface area contributed by atoms with Gasteiger partial charge in [-0.3, -0.25) is 4.79 Å². The predicted molar refractivity (Wildman–Crippen MR) is 83.0 cm³/mol. The van der Waals surface area contributed by atoms with Crippen molar-refractivity contribution in [1.82, 2.24) is 15.2 Å². The SMILES string of the molecule is NC(=O)[C@@H]1CCN(C(=O)NCc2ncc(-c3ccccc3)o2)C1. The van der Waals surface area contributed by atoms with Crippen molar-refractivity contribution in [3.05, 3.63) is 42.4 Å². The van der Waals surface area contributed by atoms with Gasteiger partial charge in [0.05, 0.1) is 18.7 Å². The van der Waals surface area contributed by atoms with Gasteiger partial charge >= 0.3 is 6.03 Å². The van der Waals surface area contributed by atoms with Crippen LogP contribution in [-0.2, 0) is 11.3 Å². The molecule has 0 saturated carbocycles. The van der Waals surface area contributed by atoms with Crippen LogP contribution in [0.4, 0.5) is 4.79 Å². The molecule has 1 atom stereocenters. The first-order valence-corrected chi connectivity index (χ1v) is 7.45. The molecule has 0 aliphatic carbocycles. The number of primary amides is 1. The molecular weight excluding hydrogens is 296 g/mol. The van der Waals surface area contributed by atoms with Crippen LogP contribution in [0.1, 0.15) is 12.3 Å². The Morgan fingerprint density at radius 1 is 1.35 bits per heavy atom. The molecule has 2 heterocycles. The molecule has 0 unspecified atom stereocenters. The fourth-order valence-electron chi connectivity index (χ4n) is 2.57. The number of carbonyl (C=O) groups is 2. The van der Waals surface area contributed by atoms with Crippen LogP contribution in [0.2, 0.25) is 0 Å². The van der Waals surface area contributed by atoms with Crippen molar-refractivity contribution >= 4 is 11.9 Å². The van der Waals surface area contributed by atoms with E-state index >= 15 is 0 Å². The van der Waals surface area contributed by atoms with Crippen molar-refractivity contribution in [3.8, 4) is 11.3 Å². The number of hydrogen-bond acceptors (Lipinski definition) is 4. The second kappa shape index (κ2) is 6.51. The van der Waals surface area contributed by atoms with Gasteiger partial charge in [0.1, 0.15) is 0 Å². The summed E-state index contributed by atoms with van der Waals surface area (Å²) in [5.41, 5.74) is 6.19. The number of carbonyl (C=O) groups excluding carboxylic acids is 2.